The largest absolute Gasteiger partial charge is 0.482 e. The molecule has 0 saturated carbocycles. The zero-order chi connectivity index (χ0) is 23.8. The zero-order valence-electron chi connectivity index (χ0n) is 16.9. The lowest BCUT2D eigenvalue weighted by Gasteiger charge is -2.10. The van der Waals surface area contributed by atoms with Crippen molar-refractivity contribution in [3.05, 3.63) is 93.7 Å². The lowest BCUT2D eigenvalue weighted by atomic mass is 10.1. The molecule has 9 heteroatoms. The molecule has 33 heavy (non-hydrogen) atoms. The molecular weight excluding hydrogens is 468 g/mol. The lowest BCUT2D eigenvalue weighted by Crippen LogP contribution is -2.20. The summed E-state index contributed by atoms with van der Waals surface area (Å²) >= 11 is 12.2. The fourth-order valence-electron chi connectivity index (χ4n) is 2.68. The van der Waals surface area contributed by atoms with Gasteiger partial charge in [0.15, 0.2) is 6.61 Å². The Labute approximate surface area is 199 Å². The van der Waals surface area contributed by atoms with Crippen molar-refractivity contribution in [3.63, 3.8) is 0 Å². The third kappa shape index (κ3) is 6.56. The quantitative estimate of drug-likeness (QED) is 0.333. The number of nitriles is 1. The highest BCUT2D eigenvalue weighted by molar-refractivity contribution is 6.34. The van der Waals surface area contributed by atoms with E-state index in [4.69, 9.17) is 27.9 Å². The van der Waals surface area contributed by atoms with Gasteiger partial charge in [0.05, 0.1) is 21.4 Å². The number of rotatable bonds is 7. The molecule has 0 aliphatic carbocycles. The molecule has 0 fully saturated rings. The lowest BCUT2D eigenvalue weighted by molar-refractivity contribution is -0.118. The van der Waals surface area contributed by atoms with Gasteiger partial charge in [-0.25, -0.2) is 4.39 Å². The summed E-state index contributed by atoms with van der Waals surface area (Å²) in [4.78, 5) is 24.4. The Morgan fingerprint density at radius 2 is 1.67 bits per heavy atom. The summed E-state index contributed by atoms with van der Waals surface area (Å²) in [7, 11) is 0. The van der Waals surface area contributed by atoms with Crippen LogP contribution >= 0.6 is 23.2 Å². The van der Waals surface area contributed by atoms with E-state index in [1.807, 2.05) is 6.07 Å². The SMILES string of the molecule is N#CC(=Cc1ccc(OCC(=O)Nc2ccccc2F)c(Cl)c1)C(=O)Nc1ccccc1Cl. The van der Waals surface area contributed by atoms with Crippen LogP contribution in [0.3, 0.4) is 0 Å². The molecule has 166 valence electrons. The molecule has 3 rings (SSSR count). The van der Waals surface area contributed by atoms with Crippen molar-refractivity contribution in [1.29, 1.82) is 5.26 Å². The molecule has 0 unspecified atom stereocenters. The first-order valence-corrected chi connectivity index (χ1v) is 10.3. The first-order chi connectivity index (χ1) is 15.9. The van der Waals surface area contributed by atoms with E-state index in [0.29, 0.717) is 16.3 Å². The van der Waals surface area contributed by atoms with Gasteiger partial charge >= 0.3 is 0 Å². The fourth-order valence-corrected chi connectivity index (χ4v) is 3.11. The molecular formula is C24H16Cl2FN3O3. The van der Waals surface area contributed by atoms with Crippen LogP contribution in [0, 0.1) is 17.1 Å². The van der Waals surface area contributed by atoms with Gasteiger partial charge < -0.3 is 15.4 Å². The summed E-state index contributed by atoms with van der Waals surface area (Å²) in [6.45, 7) is -0.396. The van der Waals surface area contributed by atoms with Gasteiger partial charge in [-0.15, -0.1) is 0 Å². The second kappa shape index (κ2) is 11.1. The van der Waals surface area contributed by atoms with Gasteiger partial charge in [0.2, 0.25) is 0 Å². The minimum atomic E-state index is -0.633. The van der Waals surface area contributed by atoms with E-state index in [1.54, 1.807) is 36.4 Å². The van der Waals surface area contributed by atoms with Crippen molar-refractivity contribution in [2.24, 2.45) is 0 Å². The molecule has 0 aliphatic heterocycles. The number of amides is 2. The van der Waals surface area contributed by atoms with Crippen molar-refractivity contribution in [2.45, 2.75) is 0 Å². The summed E-state index contributed by atoms with van der Waals surface area (Å²) in [5.74, 6) is -1.56. The van der Waals surface area contributed by atoms with Crippen molar-refractivity contribution in [1.82, 2.24) is 0 Å². The van der Waals surface area contributed by atoms with Crippen LogP contribution in [0.2, 0.25) is 10.0 Å². The second-order valence-corrected chi connectivity index (χ2v) is 7.42. The molecule has 0 spiro atoms. The molecule has 3 aromatic rings. The highest BCUT2D eigenvalue weighted by Crippen LogP contribution is 2.27. The molecule has 0 heterocycles. The molecule has 0 atom stereocenters. The normalized spacial score (nSPS) is 10.8. The van der Waals surface area contributed by atoms with Crippen molar-refractivity contribution in [3.8, 4) is 11.8 Å². The van der Waals surface area contributed by atoms with E-state index in [-0.39, 0.29) is 22.0 Å². The number of nitrogens with one attached hydrogen (secondary N) is 2. The number of benzene rings is 3. The predicted octanol–water partition coefficient (Wildman–Crippen LogP) is 5.70. The summed E-state index contributed by atoms with van der Waals surface area (Å²) in [5.41, 5.74) is 0.718. The van der Waals surface area contributed by atoms with E-state index in [1.165, 1.54) is 36.4 Å². The van der Waals surface area contributed by atoms with Gasteiger partial charge in [0.1, 0.15) is 23.2 Å². The van der Waals surface area contributed by atoms with Crippen LogP contribution in [0.1, 0.15) is 5.56 Å². The number of hydrogen-bond donors (Lipinski definition) is 2. The topological polar surface area (TPSA) is 91.2 Å². The Morgan fingerprint density at radius 1 is 0.970 bits per heavy atom. The third-order valence-corrected chi connectivity index (χ3v) is 4.89. The molecule has 0 aromatic heterocycles. The van der Waals surface area contributed by atoms with Gasteiger partial charge in [0.25, 0.3) is 11.8 Å². The first-order valence-electron chi connectivity index (χ1n) is 9.52. The van der Waals surface area contributed by atoms with E-state index in [9.17, 15) is 19.2 Å². The summed E-state index contributed by atoms with van der Waals surface area (Å²) < 4.78 is 19.0. The number of ether oxygens (including phenoxy) is 1. The minimum Gasteiger partial charge on any atom is -0.482 e. The Bertz CT molecular complexity index is 1270. The monoisotopic (exact) mass is 483 g/mol. The summed E-state index contributed by atoms with van der Waals surface area (Å²) in [6, 6.07) is 18.8. The average molecular weight is 484 g/mol. The number of carbonyl (C=O) groups is 2. The van der Waals surface area contributed by atoms with Crippen LogP contribution < -0.4 is 15.4 Å². The summed E-state index contributed by atoms with van der Waals surface area (Å²) in [6.07, 6.45) is 1.35. The predicted molar refractivity (Wildman–Crippen MR) is 126 cm³/mol. The van der Waals surface area contributed by atoms with Crippen LogP contribution in [0.5, 0.6) is 5.75 Å². The van der Waals surface area contributed by atoms with Crippen LogP contribution in [0.25, 0.3) is 6.08 Å². The van der Waals surface area contributed by atoms with Crippen LogP contribution in [0.15, 0.2) is 72.3 Å². The average Bonchev–Trinajstić information content (AvgIpc) is 2.80. The second-order valence-electron chi connectivity index (χ2n) is 6.61. The third-order valence-electron chi connectivity index (χ3n) is 4.26. The number of nitrogens with zero attached hydrogens (tertiary/aromatic N) is 1. The maximum atomic E-state index is 13.6. The van der Waals surface area contributed by atoms with Crippen LogP contribution in [0.4, 0.5) is 15.8 Å². The molecule has 0 radical (unpaired) electrons. The van der Waals surface area contributed by atoms with Gasteiger partial charge in [-0.2, -0.15) is 5.26 Å². The van der Waals surface area contributed by atoms with E-state index >= 15 is 0 Å². The number of para-hydroxylation sites is 2. The molecule has 6 nitrogen and oxygen atoms in total. The zero-order valence-corrected chi connectivity index (χ0v) is 18.5. The Kier molecular flexibility index (Phi) is 8.03. The van der Waals surface area contributed by atoms with Gasteiger partial charge in [-0.05, 0) is 48.0 Å². The van der Waals surface area contributed by atoms with E-state index < -0.39 is 24.2 Å². The molecule has 3 aromatic carbocycles. The Morgan fingerprint density at radius 3 is 2.33 bits per heavy atom. The molecule has 2 N–H and O–H groups in total. The molecule has 0 aliphatic rings. The fraction of sp³-hybridized carbons (Fsp3) is 0.0417. The van der Waals surface area contributed by atoms with Crippen molar-refractivity contribution in [2.75, 3.05) is 17.2 Å². The van der Waals surface area contributed by atoms with Crippen LogP contribution in [-0.2, 0) is 9.59 Å². The number of halogens is 3. The van der Waals surface area contributed by atoms with Gasteiger partial charge in [-0.3, -0.25) is 9.59 Å². The maximum absolute atomic E-state index is 13.6. The van der Waals surface area contributed by atoms with Gasteiger partial charge in [-0.1, -0.05) is 53.5 Å². The minimum absolute atomic E-state index is 0.0387. The molecule has 0 saturated heterocycles. The van der Waals surface area contributed by atoms with Crippen molar-refractivity contribution >= 4 is 52.5 Å². The molecule has 2 amide bonds. The van der Waals surface area contributed by atoms with E-state index in [0.717, 1.165) is 0 Å². The number of hydrogen-bond acceptors (Lipinski definition) is 4. The highest BCUT2D eigenvalue weighted by atomic mass is 35.5. The molecule has 0 bridgehead atoms. The van der Waals surface area contributed by atoms with Crippen molar-refractivity contribution < 1.29 is 18.7 Å². The smallest absolute Gasteiger partial charge is 0.266 e. The summed E-state index contributed by atoms with van der Waals surface area (Å²) in [5, 5.41) is 14.8. The number of carbonyl (C=O) groups excluding carboxylic acids is 2. The number of anilines is 2. The van der Waals surface area contributed by atoms with Gasteiger partial charge in [0, 0.05) is 0 Å². The maximum Gasteiger partial charge on any atom is 0.266 e. The Balaban J connectivity index is 1.65. The Hall–Kier alpha value is -3.86. The van der Waals surface area contributed by atoms with E-state index in [2.05, 4.69) is 10.6 Å². The highest BCUT2D eigenvalue weighted by Gasteiger charge is 2.13. The van der Waals surface area contributed by atoms with Crippen LogP contribution in [-0.4, -0.2) is 18.4 Å². The first kappa shape index (κ1) is 23.8. The standard InChI is InChI=1S/C24H16Cl2FN3O3/c25-17-5-1-3-7-20(17)30-24(32)16(13-28)11-15-9-10-22(18(26)12-15)33-14-23(31)29-21-8-4-2-6-19(21)27/h1-12H,14H2,(H,29,31)(H,30,32).